The van der Waals surface area contributed by atoms with Crippen LogP contribution in [0.4, 0.5) is 0 Å². The van der Waals surface area contributed by atoms with Gasteiger partial charge in [-0.1, -0.05) is 0 Å². The number of hydrogen-bond donors (Lipinski definition) is 1. The van der Waals surface area contributed by atoms with Crippen molar-refractivity contribution >= 4 is 37.8 Å². The molecule has 1 fully saturated rings. The van der Waals surface area contributed by atoms with Crippen molar-refractivity contribution in [2.45, 2.75) is 31.8 Å². The average Bonchev–Trinajstić information content (AvgIpc) is 2.75. The van der Waals surface area contributed by atoms with Crippen molar-refractivity contribution in [2.24, 2.45) is 0 Å². The van der Waals surface area contributed by atoms with E-state index in [9.17, 15) is 4.79 Å². The minimum atomic E-state index is -0.946. The molecule has 1 aromatic rings. The highest BCUT2D eigenvalue weighted by Crippen LogP contribution is 2.37. The number of carboxylic acids is 1. The SMILES string of the molecule is O=C(O)c1cc(Br)c(OC2CCCC2)c(Br)c1. The predicted molar refractivity (Wildman–Crippen MR) is 71.7 cm³/mol. The van der Waals surface area contributed by atoms with Crippen molar-refractivity contribution in [3.63, 3.8) is 0 Å². The summed E-state index contributed by atoms with van der Waals surface area (Å²) in [5.74, 6) is -0.249. The van der Waals surface area contributed by atoms with Gasteiger partial charge < -0.3 is 9.84 Å². The Balaban J connectivity index is 2.24. The Morgan fingerprint density at radius 3 is 2.24 bits per heavy atom. The van der Waals surface area contributed by atoms with Crippen LogP contribution in [0.3, 0.4) is 0 Å². The highest BCUT2D eigenvalue weighted by molar-refractivity contribution is 9.11. The molecule has 0 atom stereocenters. The van der Waals surface area contributed by atoms with Crippen molar-refractivity contribution < 1.29 is 14.6 Å². The van der Waals surface area contributed by atoms with Crippen molar-refractivity contribution in [2.75, 3.05) is 0 Å². The summed E-state index contributed by atoms with van der Waals surface area (Å²) in [7, 11) is 0. The number of ether oxygens (including phenoxy) is 1. The number of carboxylic acid groups (broad SMARTS) is 1. The highest BCUT2D eigenvalue weighted by atomic mass is 79.9. The van der Waals surface area contributed by atoms with E-state index in [0.717, 1.165) is 12.8 Å². The summed E-state index contributed by atoms with van der Waals surface area (Å²) in [6, 6.07) is 3.13. The van der Waals surface area contributed by atoms with Gasteiger partial charge in [0.2, 0.25) is 0 Å². The summed E-state index contributed by atoms with van der Waals surface area (Å²) in [6.07, 6.45) is 4.79. The van der Waals surface area contributed by atoms with Gasteiger partial charge in [0, 0.05) is 0 Å². The van der Waals surface area contributed by atoms with Crippen LogP contribution in [0, 0.1) is 0 Å². The normalized spacial score (nSPS) is 16.1. The van der Waals surface area contributed by atoms with Crippen LogP contribution in [0.5, 0.6) is 5.75 Å². The fourth-order valence-corrected chi connectivity index (χ4v) is 3.34. The van der Waals surface area contributed by atoms with E-state index in [1.807, 2.05) is 0 Å². The first kappa shape index (κ1) is 12.9. The first-order valence-electron chi connectivity index (χ1n) is 5.47. The van der Waals surface area contributed by atoms with Gasteiger partial charge in [-0.2, -0.15) is 0 Å². The first-order chi connectivity index (χ1) is 8.08. The molecule has 0 saturated heterocycles. The lowest BCUT2D eigenvalue weighted by Gasteiger charge is -2.16. The van der Waals surface area contributed by atoms with Gasteiger partial charge in [0.1, 0.15) is 5.75 Å². The number of rotatable bonds is 3. The van der Waals surface area contributed by atoms with Crippen molar-refractivity contribution in [1.82, 2.24) is 0 Å². The largest absolute Gasteiger partial charge is 0.488 e. The van der Waals surface area contributed by atoms with E-state index in [2.05, 4.69) is 31.9 Å². The van der Waals surface area contributed by atoms with Gasteiger partial charge in [-0.05, 0) is 69.7 Å². The lowest BCUT2D eigenvalue weighted by molar-refractivity contribution is 0.0696. The van der Waals surface area contributed by atoms with Crippen LogP contribution in [0.25, 0.3) is 0 Å². The minimum absolute atomic E-state index is 0.238. The molecule has 3 nitrogen and oxygen atoms in total. The Labute approximate surface area is 116 Å². The van der Waals surface area contributed by atoms with E-state index in [4.69, 9.17) is 9.84 Å². The van der Waals surface area contributed by atoms with Gasteiger partial charge in [0.15, 0.2) is 0 Å². The van der Waals surface area contributed by atoms with Crippen LogP contribution < -0.4 is 4.74 Å². The van der Waals surface area contributed by atoms with Gasteiger partial charge in [0.05, 0.1) is 20.6 Å². The summed E-state index contributed by atoms with van der Waals surface area (Å²) >= 11 is 6.71. The minimum Gasteiger partial charge on any atom is -0.488 e. The number of hydrogen-bond acceptors (Lipinski definition) is 2. The Morgan fingerprint density at radius 2 is 1.76 bits per heavy atom. The first-order valence-corrected chi connectivity index (χ1v) is 7.05. The summed E-state index contributed by atoms with van der Waals surface area (Å²) in [5.41, 5.74) is 0.238. The van der Waals surface area contributed by atoms with Gasteiger partial charge in [-0.15, -0.1) is 0 Å². The van der Waals surface area contributed by atoms with Gasteiger partial charge >= 0.3 is 5.97 Å². The summed E-state index contributed by atoms with van der Waals surface area (Å²) in [4.78, 5) is 10.9. The van der Waals surface area contributed by atoms with Gasteiger partial charge in [-0.25, -0.2) is 4.79 Å². The molecule has 0 spiro atoms. The second-order valence-electron chi connectivity index (χ2n) is 4.10. The van der Waals surface area contributed by atoms with E-state index >= 15 is 0 Å². The molecule has 0 aromatic heterocycles. The zero-order chi connectivity index (χ0) is 12.4. The van der Waals surface area contributed by atoms with E-state index in [-0.39, 0.29) is 11.7 Å². The molecule has 1 N–H and O–H groups in total. The molecule has 0 unspecified atom stereocenters. The molecular formula is C12H12Br2O3. The lowest BCUT2D eigenvalue weighted by Crippen LogP contribution is -2.12. The van der Waals surface area contributed by atoms with Gasteiger partial charge in [-0.3, -0.25) is 0 Å². The standard InChI is InChI=1S/C12H12Br2O3/c13-9-5-7(12(15)16)6-10(14)11(9)17-8-3-1-2-4-8/h5-6,8H,1-4H2,(H,15,16). The van der Waals surface area contributed by atoms with Crippen molar-refractivity contribution in [1.29, 1.82) is 0 Å². The van der Waals surface area contributed by atoms with Crippen LogP contribution in [0.15, 0.2) is 21.1 Å². The maximum atomic E-state index is 10.9. The average molecular weight is 364 g/mol. The van der Waals surface area contributed by atoms with E-state index in [0.29, 0.717) is 14.7 Å². The third-order valence-corrected chi connectivity index (χ3v) is 4.01. The maximum Gasteiger partial charge on any atom is 0.335 e. The smallest absolute Gasteiger partial charge is 0.335 e. The molecule has 1 aromatic carbocycles. The van der Waals surface area contributed by atoms with E-state index in [1.165, 1.54) is 12.8 Å². The van der Waals surface area contributed by atoms with E-state index < -0.39 is 5.97 Å². The summed E-state index contributed by atoms with van der Waals surface area (Å²) in [5, 5.41) is 8.93. The quantitative estimate of drug-likeness (QED) is 0.873. The second kappa shape index (κ2) is 5.40. The monoisotopic (exact) mass is 362 g/mol. The second-order valence-corrected chi connectivity index (χ2v) is 5.81. The molecule has 5 heteroatoms. The Morgan fingerprint density at radius 1 is 1.24 bits per heavy atom. The summed E-state index contributed by atoms with van der Waals surface area (Å²) in [6.45, 7) is 0. The fourth-order valence-electron chi connectivity index (χ4n) is 1.97. The third-order valence-electron chi connectivity index (χ3n) is 2.83. The molecule has 0 heterocycles. The van der Waals surface area contributed by atoms with Crippen LogP contribution >= 0.6 is 31.9 Å². The maximum absolute atomic E-state index is 10.9. The van der Waals surface area contributed by atoms with Crippen molar-refractivity contribution in [3.05, 3.63) is 26.6 Å². The number of halogens is 2. The molecule has 0 radical (unpaired) electrons. The van der Waals surface area contributed by atoms with E-state index in [1.54, 1.807) is 12.1 Å². The molecule has 1 saturated carbocycles. The molecule has 1 aliphatic carbocycles. The Kier molecular flexibility index (Phi) is 4.09. The van der Waals surface area contributed by atoms with Crippen LogP contribution in [-0.2, 0) is 0 Å². The molecule has 2 rings (SSSR count). The molecule has 1 aliphatic rings. The van der Waals surface area contributed by atoms with Crippen LogP contribution in [-0.4, -0.2) is 17.2 Å². The third kappa shape index (κ3) is 3.01. The number of aromatic carboxylic acids is 1. The molecule has 92 valence electrons. The van der Waals surface area contributed by atoms with Crippen LogP contribution in [0.2, 0.25) is 0 Å². The molecule has 0 amide bonds. The molecule has 0 aliphatic heterocycles. The summed E-state index contributed by atoms with van der Waals surface area (Å²) < 4.78 is 7.24. The number of carbonyl (C=O) groups is 1. The zero-order valence-electron chi connectivity index (χ0n) is 9.08. The Bertz CT molecular complexity index is 416. The van der Waals surface area contributed by atoms with Crippen molar-refractivity contribution in [3.8, 4) is 5.75 Å². The lowest BCUT2D eigenvalue weighted by atomic mass is 10.2. The fraction of sp³-hybridized carbons (Fsp3) is 0.417. The molecule has 0 bridgehead atoms. The Hall–Kier alpha value is -0.550. The highest BCUT2D eigenvalue weighted by Gasteiger charge is 2.20. The predicted octanol–water partition coefficient (Wildman–Crippen LogP) is 4.23. The molecule has 17 heavy (non-hydrogen) atoms. The molecular weight excluding hydrogens is 352 g/mol. The number of benzene rings is 1. The zero-order valence-corrected chi connectivity index (χ0v) is 12.3. The topological polar surface area (TPSA) is 46.5 Å². The van der Waals surface area contributed by atoms with Gasteiger partial charge in [0.25, 0.3) is 0 Å². The van der Waals surface area contributed by atoms with Crippen LogP contribution in [0.1, 0.15) is 36.0 Å².